The molecule has 0 spiro atoms. The highest BCUT2D eigenvalue weighted by molar-refractivity contribution is 8.01. The lowest BCUT2D eigenvalue weighted by Crippen LogP contribution is -2.17. The van der Waals surface area contributed by atoms with Crippen molar-refractivity contribution in [1.29, 1.82) is 0 Å². The summed E-state index contributed by atoms with van der Waals surface area (Å²) in [5.74, 6) is -0.335. The van der Waals surface area contributed by atoms with Crippen molar-refractivity contribution in [2.45, 2.75) is 15.5 Å². The van der Waals surface area contributed by atoms with Gasteiger partial charge in [-0.2, -0.15) is 13.2 Å². The molecule has 0 unspecified atom stereocenters. The second-order valence-corrected chi connectivity index (χ2v) is 5.41. The molecule has 0 aromatic carbocycles. The summed E-state index contributed by atoms with van der Waals surface area (Å²) in [5.41, 5.74) is 5.86. The SMILES string of the molecule is NC(=NO)c1ccc(C(F)(F)F)nc1Sc1nncs1. The van der Waals surface area contributed by atoms with Gasteiger partial charge in [0.1, 0.15) is 16.2 Å². The third-order valence-corrected chi connectivity index (χ3v) is 3.84. The summed E-state index contributed by atoms with van der Waals surface area (Å²) < 4.78 is 38.4. The number of alkyl halides is 3. The first-order valence-electron chi connectivity index (χ1n) is 4.92. The molecule has 3 N–H and O–H groups in total. The van der Waals surface area contributed by atoms with E-state index in [0.717, 1.165) is 35.2 Å². The van der Waals surface area contributed by atoms with Crippen molar-refractivity contribution < 1.29 is 18.4 Å². The highest BCUT2D eigenvalue weighted by Gasteiger charge is 2.33. The lowest BCUT2D eigenvalue weighted by Gasteiger charge is -2.10. The quantitative estimate of drug-likeness (QED) is 0.389. The van der Waals surface area contributed by atoms with Crippen LogP contribution in [0.25, 0.3) is 0 Å². The highest BCUT2D eigenvalue weighted by Crippen LogP contribution is 2.34. The normalized spacial score (nSPS) is 12.7. The van der Waals surface area contributed by atoms with Gasteiger partial charge < -0.3 is 10.9 Å². The molecule has 2 aromatic rings. The third-order valence-electron chi connectivity index (χ3n) is 2.06. The summed E-state index contributed by atoms with van der Waals surface area (Å²) in [5, 5.41) is 18.6. The van der Waals surface area contributed by atoms with Gasteiger partial charge in [-0.1, -0.05) is 16.5 Å². The first-order valence-corrected chi connectivity index (χ1v) is 6.61. The van der Waals surface area contributed by atoms with Crippen molar-refractivity contribution in [1.82, 2.24) is 15.2 Å². The average molecular weight is 321 g/mol. The van der Waals surface area contributed by atoms with Crippen LogP contribution in [0.15, 0.2) is 32.2 Å². The summed E-state index contributed by atoms with van der Waals surface area (Å²) in [7, 11) is 0. The number of pyridine rings is 1. The average Bonchev–Trinajstić information content (AvgIpc) is 2.89. The standard InChI is InChI=1S/C9H6F3N5OS2/c10-9(11,12)5-2-1-4(6(13)17-18)7(15-5)20-8-16-14-3-19-8/h1-3,18H,(H2,13,17). The fourth-order valence-electron chi connectivity index (χ4n) is 1.22. The summed E-state index contributed by atoms with van der Waals surface area (Å²) >= 11 is 1.99. The summed E-state index contributed by atoms with van der Waals surface area (Å²) in [4.78, 5) is 3.49. The first kappa shape index (κ1) is 14.5. The number of nitrogens with zero attached hydrogens (tertiary/aromatic N) is 4. The number of amidine groups is 1. The molecule has 6 nitrogen and oxygen atoms in total. The smallest absolute Gasteiger partial charge is 0.409 e. The zero-order valence-electron chi connectivity index (χ0n) is 9.50. The van der Waals surface area contributed by atoms with E-state index >= 15 is 0 Å². The zero-order valence-corrected chi connectivity index (χ0v) is 11.1. The number of aromatic nitrogens is 3. The topological polar surface area (TPSA) is 97.3 Å². The van der Waals surface area contributed by atoms with Crippen LogP contribution in [0, 0.1) is 0 Å². The molecule has 20 heavy (non-hydrogen) atoms. The van der Waals surface area contributed by atoms with E-state index in [1.165, 1.54) is 5.51 Å². The fourth-order valence-corrected chi connectivity index (χ4v) is 2.73. The molecule has 0 radical (unpaired) electrons. The van der Waals surface area contributed by atoms with Crippen molar-refractivity contribution in [3.8, 4) is 0 Å². The number of halogens is 3. The van der Waals surface area contributed by atoms with Crippen molar-refractivity contribution >= 4 is 28.9 Å². The van der Waals surface area contributed by atoms with Crippen LogP contribution in [-0.2, 0) is 6.18 Å². The molecular formula is C9H6F3N5OS2. The molecule has 0 atom stereocenters. The Kier molecular flexibility index (Phi) is 4.09. The van der Waals surface area contributed by atoms with Gasteiger partial charge in [-0.05, 0) is 23.9 Å². The summed E-state index contributed by atoms with van der Waals surface area (Å²) in [6.45, 7) is 0. The summed E-state index contributed by atoms with van der Waals surface area (Å²) in [6, 6.07) is 1.85. The predicted molar refractivity (Wildman–Crippen MR) is 65.8 cm³/mol. The van der Waals surface area contributed by atoms with E-state index in [-0.39, 0.29) is 16.4 Å². The largest absolute Gasteiger partial charge is 0.433 e. The minimum absolute atomic E-state index is 0.0631. The molecule has 0 aliphatic carbocycles. The van der Waals surface area contributed by atoms with Crippen LogP contribution in [0.4, 0.5) is 13.2 Å². The lowest BCUT2D eigenvalue weighted by molar-refractivity contribution is -0.141. The van der Waals surface area contributed by atoms with Gasteiger partial charge in [0, 0.05) is 0 Å². The van der Waals surface area contributed by atoms with Gasteiger partial charge >= 0.3 is 6.18 Å². The Bertz CT molecular complexity index is 629. The maximum atomic E-state index is 12.7. The third kappa shape index (κ3) is 3.17. The molecule has 0 bridgehead atoms. The number of rotatable bonds is 3. The maximum Gasteiger partial charge on any atom is 0.433 e. The van der Waals surface area contributed by atoms with E-state index in [4.69, 9.17) is 10.9 Å². The molecule has 0 fully saturated rings. The van der Waals surface area contributed by atoms with Crippen LogP contribution in [0.3, 0.4) is 0 Å². The summed E-state index contributed by atoms with van der Waals surface area (Å²) in [6.07, 6.45) is -4.58. The number of nitrogens with two attached hydrogens (primary N) is 1. The minimum Gasteiger partial charge on any atom is -0.409 e. The molecule has 2 rings (SSSR count). The van der Waals surface area contributed by atoms with E-state index < -0.39 is 11.9 Å². The molecule has 11 heteroatoms. The van der Waals surface area contributed by atoms with Gasteiger partial charge in [0.05, 0.1) is 5.56 Å². The number of oxime groups is 1. The monoisotopic (exact) mass is 321 g/mol. The molecule has 0 saturated carbocycles. The van der Waals surface area contributed by atoms with E-state index in [0.29, 0.717) is 4.34 Å². The van der Waals surface area contributed by atoms with Crippen molar-refractivity contribution in [2.75, 3.05) is 0 Å². The maximum absolute atomic E-state index is 12.7. The van der Waals surface area contributed by atoms with Crippen LogP contribution in [0.5, 0.6) is 0 Å². The van der Waals surface area contributed by atoms with Crippen molar-refractivity contribution in [3.05, 3.63) is 28.9 Å². The van der Waals surface area contributed by atoms with Gasteiger partial charge in [0.15, 0.2) is 10.2 Å². The second-order valence-electron chi connectivity index (χ2n) is 3.34. The second kappa shape index (κ2) is 5.63. The Balaban J connectivity index is 2.48. The van der Waals surface area contributed by atoms with Crippen LogP contribution in [0.1, 0.15) is 11.3 Å². The van der Waals surface area contributed by atoms with Crippen molar-refractivity contribution in [3.63, 3.8) is 0 Å². The van der Waals surface area contributed by atoms with E-state index in [1.807, 2.05) is 0 Å². The van der Waals surface area contributed by atoms with Gasteiger partial charge in [-0.15, -0.1) is 10.2 Å². The fraction of sp³-hybridized carbons (Fsp3) is 0.111. The van der Waals surface area contributed by atoms with Crippen LogP contribution in [0.2, 0.25) is 0 Å². The minimum atomic E-state index is -4.58. The van der Waals surface area contributed by atoms with Gasteiger partial charge in [-0.25, -0.2) is 4.98 Å². The predicted octanol–water partition coefficient (Wildman–Crippen LogP) is 2.20. The van der Waals surface area contributed by atoms with E-state index in [1.54, 1.807) is 0 Å². The molecule has 2 heterocycles. The Hall–Kier alpha value is -1.88. The number of hydrogen-bond acceptors (Lipinski definition) is 7. The van der Waals surface area contributed by atoms with Gasteiger partial charge in [-0.3, -0.25) is 0 Å². The van der Waals surface area contributed by atoms with Crippen LogP contribution < -0.4 is 5.73 Å². The highest BCUT2D eigenvalue weighted by atomic mass is 32.2. The number of hydrogen-bond donors (Lipinski definition) is 2. The van der Waals surface area contributed by atoms with E-state index in [2.05, 4.69) is 20.3 Å². The molecule has 0 amide bonds. The molecule has 0 aliphatic heterocycles. The Labute approximate surface area is 118 Å². The first-order chi connectivity index (χ1) is 9.41. The Morgan fingerprint density at radius 2 is 2.15 bits per heavy atom. The van der Waals surface area contributed by atoms with Crippen LogP contribution in [-0.4, -0.2) is 26.2 Å². The molecular weight excluding hydrogens is 315 g/mol. The lowest BCUT2D eigenvalue weighted by atomic mass is 10.2. The van der Waals surface area contributed by atoms with Gasteiger partial charge in [0.25, 0.3) is 0 Å². The molecule has 106 valence electrons. The zero-order chi connectivity index (χ0) is 14.8. The van der Waals surface area contributed by atoms with E-state index in [9.17, 15) is 13.2 Å². The molecule has 0 saturated heterocycles. The van der Waals surface area contributed by atoms with Crippen LogP contribution >= 0.6 is 23.1 Å². The Morgan fingerprint density at radius 1 is 1.40 bits per heavy atom. The van der Waals surface area contributed by atoms with Crippen molar-refractivity contribution in [2.24, 2.45) is 10.9 Å². The molecule has 2 aromatic heterocycles. The Morgan fingerprint density at radius 3 is 2.70 bits per heavy atom. The van der Waals surface area contributed by atoms with Gasteiger partial charge in [0.2, 0.25) is 0 Å². The molecule has 0 aliphatic rings.